The molecule has 2 radical (unpaired) electrons. The highest BCUT2D eigenvalue weighted by Gasteiger charge is 2.21. The second kappa shape index (κ2) is 1.73. The van der Waals surface area contributed by atoms with E-state index in [4.69, 9.17) is 7.85 Å². The van der Waals surface area contributed by atoms with E-state index in [-0.39, 0.29) is 0 Å². The molecule has 0 aliphatic heterocycles. The molecule has 0 bridgehead atoms. The summed E-state index contributed by atoms with van der Waals surface area (Å²) in [6, 6.07) is 0. The van der Waals surface area contributed by atoms with Crippen molar-refractivity contribution in [2.75, 3.05) is 0 Å². The summed E-state index contributed by atoms with van der Waals surface area (Å²) >= 11 is 0. The van der Waals surface area contributed by atoms with Crippen molar-refractivity contribution in [3.8, 4) is 0 Å². The van der Waals surface area contributed by atoms with Crippen molar-refractivity contribution in [1.82, 2.24) is 0 Å². The standard InChI is InChI=1S/C6H9B/c1-2-6(7)5-3-4-5/h2,5H,3-4H2,1H3/b6-2-. The molecule has 0 saturated heterocycles. The Morgan fingerprint density at radius 1 is 1.71 bits per heavy atom. The van der Waals surface area contributed by atoms with Gasteiger partial charge in [0.15, 0.2) is 0 Å². The average molecular weight is 92.0 g/mol. The van der Waals surface area contributed by atoms with Gasteiger partial charge < -0.3 is 0 Å². The van der Waals surface area contributed by atoms with E-state index in [0.29, 0.717) is 0 Å². The Morgan fingerprint density at radius 3 is 2.43 bits per heavy atom. The van der Waals surface area contributed by atoms with E-state index < -0.39 is 0 Å². The van der Waals surface area contributed by atoms with Crippen LogP contribution < -0.4 is 0 Å². The van der Waals surface area contributed by atoms with Gasteiger partial charge in [-0.05, 0) is 25.7 Å². The van der Waals surface area contributed by atoms with Crippen molar-refractivity contribution >= 4 is 7.85 Å². The van der Waals surface area contributed by atoms with Crippen LogP contribution in [0.4, 0.5) is 0 Å². The Kier molecular flexibility index (Phi) is 1.22. The zero-order valence-corrected chi connectivity index (χ0v) is 4.65. The predicted molar refractivity (Wildman–Crippen MR) is 32.2 cm³/mol. The second-order valence-electron chi connectivity index (χ2n) is 2.06. The fourth-order valence-corrected chi connectivity index (χ4v) is 0.652. The number of allylic oxidation sites excluding steroid dienone is 2. The minimum atomic E-state index is 0.755. The molecule has 1 fully saturated rings. The quantitative estimate of drug-likeness (QED) is 0.429. The van der Waals surface area contributed by atoms with Gasteiger partial charge in [-0.15, -0.1) is 5.47 Å². The highest BCUT2D eigenvalue weighted by Crippen LogP contribution is 2.34. The number of rotatable bonds is 1. The minimum Gasteiger partial charge on any atom is -0.119 e. The van der Waals surface area contributed by atoms with Crippen LogP contribution in [0.3, 0.4) is 0 Å². The first-order valence-corrected chi connectivity index (χ1v) is 2.76. The number of hydrogen-bond donors (Lipinski definition) is 0. The van der Waals surface area contributed by atoms with Crippen molar-refractivity contribution < 1.29 is 0 Å². The van der Waals surface area contributed by atoms with Gasteiger partial charge in [-0.1, -0.05) is 6.08 Å². The smallest absolute Gasteiger partial charge is 0.107 e. The first kappa shape index (κ1) is 4.95. The van der Waals surface area contributed by atoms with E-state index in [9.17, 15) is 0 Å². The van der Waals surface area contributed by atoms with E-state index in [2.05, 4.69) is 0 Å². The van der Waals surface area contributed by atoms with Gasteiger partial charge in [0.2, 0.25) is 0 Å². The summed E-state index contributed by atoms with van der Waals surface area (Å²) in [5, 5.41) is 0. The van der Waals surface area contributed by atoms with Gasteiger partial charge in [0.25, 0.3) is 0 Å². The lowest BCUT2D eigenvalue weighted by Crippen LogP contribution is -1.80. The number of hydrogen-bond acceptors (Lipinski definition) is 0. The third-order valence-corrected chi connectivity index (χ3v) is 1.38. The molecule has 0 N–H and O–H groups in total. The van der Waals surface area contributed by atoms with Crippen LogP contribution >= 0.6 is 0 Å². The Balaban J connectivity index is 2.37. The fourth-order valence-electron chi connectivity index (χ4n) is 0.652. The molecule has 1 saturated carbocycles. The highest BCUT2D eigenvalue weighted by molar-refractivity contribution is 6.22. The van der Waals surface area contributed by atoms with Crippen molar-refractivity contribution in [2.24, 2.45) is 5.92 Å². The van der Waals surface area contributed by atoms with Crippen LogP contribution in [-0.2, 0) is 0 Å². The molecule has 0 heterocycles. The Hall–Kier alpha value is -0.195. The third-order valence-electron chi connectivity index (χ3n) is 1.38. The van der Waals surface area contributed by atoms with Crippen LogP contribution in [0.5, 0.6) is 0 Å². The van der Waals surface area contributed by atoms with Gasteiger partial charge in [-0.25, -0.2) is 0 Å². The lowest BCUT2D eigenvalue weighted by atomic mass is 9.91. The molecule has 1 aliphatic carbocycles. The molecule has 1 aliphatic rings. The summed E-state index contributed by atoms with van der Waals surface area (Å²) in [6.45, 7) is 1.99. The Bertz CT molecular complexity index is 90.4. The van der Waals surface area contributed by atoms with Gasteiger partial charge in [0.1, 0.15) is 7.85 Å². The Morgan fingerprint density at radius 2 is 2.29 bits per heavy atom. The van der Waals surface area contributed by atoms with Gasteiger partial charge in [-0.2, -0.15) is 0 Å². The maximum atomic E-state index is 5.54. The molecular weight excluding hydrogens is 82.9 g/mol. The fraction of sp³-hybridized carbons (Fsp3) is 0.667. The van der Waals surface area contributed by atoms with Gasteiger partial charge in [0, 0.05) is 0 Å². The lowest BCUT2D eigenvalue weighted by Gasteiger charge is -1.89. The molecule has 0 aromatic carbocycles. The largest absolute Gasteiger partial charge is 0.119 e. The first-order chi connectivity index (χ1) is 3.34. The summed E-state index contributed by atoms with van der Waals surface area (Å²) in [7, 11) is 5.54. The molecule has 1 rings (SSSR count). The monoisotopic (exact) mass is 92.1 g/mol. The normalized spacial score (nSPS) is 22.7. The molecule has 0 unspecified atom stereocenters. The summed E-state index contributed by atoms with van der Waals surface area (Å²) in [5.74, 6) is 0.755. The summed E-state index contributed by atoms with van der Waals surface area (Å²) in [4.78, 5) is 0. The van der Waals surface area contributed by atoms with Crippen LogP contribution in [0.25, 0.3) is 0 Å². The maximum Gasteiger partial charge on any atom is 0.107 e. The van der Waals surface area contributed by atoms with Crippen molar-refractivity contribution in [3.63, 3.8) is 0 Å². The zero-order chi connectivity index (χ0) is 5.28. The first-order valence-electron chi connectivity index (χ1n) is 2.76. The SMILES string of the molecule is [B]/C(=C\C)C1CC1. The molecular formula is C6H9B. The molecule has 0 nitrogen and oxygen atoms in total. The van der Waals surface area contributed by atoms with Crippen LogP contribution in [-0.4, -0.2) is 7.85 Å². The Labute approximate surface area is 46.0 Å². The predicted octanol–water partition coefficient (Wildman–Crippen LogP) is 1.47. The molecule has 0 aromatic heterocycles. The van der Waals surface area contributed by atoms with Crippen molar-refractivity contribution in [3.05, 3.63) is 11.5 Å². The van der Waals surface area contributed by atoms with E-state index in [1.165, 1.54) is 12.8 Å². The summed E-state index contributed by atoms with van der Waals surface area (Å²) < 4.78 is 0. The van der Waals surface area contributed by atoms with Crippen molar-refractivity contribution in [2.45, 2.75) is 19.8 Å². The van der Waals surface area contributed by atoms with E-state index in [1.807, 2.05) is 13.0 Å². The topological polar surface area (TPSA) is 0 Å². The second-order valence-corrected chi connectivity index (χ2v) is 2.06. The van der Waals surface area contributed by atoms with Crippen molar-refractivity contribution in [1.29, 1.82) is 0 Å². The van der Waals surface area contributed by atoms with E-state index >= 15 is 0 Å². The molecule has 0 amide bonds. The van der Waals surface area contributed by atoms with Crippen LogP contribution in [0.2, 0.25) is 0 Å². The molecule has 36 valence electrons. The maximum absolute atomic E-state index is 5.54. The summed E-state index contributed by atoms with van der Waals surface area (Å²) in [5.41, 5.74) is 1.08. The minimum absolute atomic E-state index is 0.755. The highest BCUT2D eigenvalue weighted by atomic mass is 14.2. The lowest BCUT2D eigenvalue weighted by molar-refractivity contribution is 1.09. The molecule has 0 atom stereocenters. The molecule has 0 aromatic rings. The third kappa shape index (κ3) is 1.08. The van der Waals surface area contributed by atoms with Crippen LogP contribution in [0.15, 0.2) is 11.5 Å². The van der Waals surface area contributed by atoms with E-state index in [1.54, 1.807) is 0 Å². The molecule has 0 spiro atoms. The molecule has 1 heteroatoms. The van der Waals surface area contributed by atoms with Crippen LogP contribution in [0, 0.1) is 5.92 Å². The molecule has 7 heavy (non-hydrogen) atoms. The zero-order valence-electron chi connectivity index (χ0n) is 4.65. The summed E-state index contributed by atoms with van der Waals surface area (Å²) in [6.07, 6.45) is 4.63. The average Bonchev–Trinajstić information content (AvgIpc) is 2.44. The van der Waals surface area contributed by atoms with Gasteiger partial charge in [0.05, 0.1) is 0 Å². The van der Waals surface area contributed by atoms with Gasteiger partial charge >= 0.3 is 0 Å². The van der Waals surface area contributed by atoms with Gasteiger partial charge in [-0.3, -0.25) is 0 Å². The van der Waals surface area contributed by atoms with Crippen LogP contribution in [0.1, 0.15) is 19.8 Å². The van der Waals surface area contributed by atoms with E-state index in [0.717, 1.165) is 11.4 Å².